The Bertz CT molecular complexity index is 393. The Morgan fingerprint density at radius 1 is 1.28 bits per heavy atom. The predicted octanol–water partition coefficient (Wildman–Crippen LogP) is 2.78. The maximum Gasteiger partial charge on any atom is 0.0709 e. The van der Waals surface area contributed by atoms with E-state index in [-0.39, 0.29) is 11.3 Å². The van der Waals surface area contributed by atoms with Crippen molar-refractivity contribution in [2.75, 3.05) is 0 Å². The Kier molecular flexibility index (Phi) is 3.52. The molecule has 1 saturated carbocycles. The van der Waals surface area contributed by atoms with Gasteiger partial charge in [0.25, 0.3) is 0 Å². The van der Waals surface area contributed by atoms with E-state index >= 15 is 0 Å². The lowest BCUT2D eigenvalue weighted by molar-refractivity contribution is 0.00526. The summed E-state index contributed by atoms with van der Waals surface area (Å²) in [6, 6.07) is 10.2. The van der Waals surface area contributed by atoms with Crippen LogP contribution in [0.5, 0.6) is 0 Å². The normalized spacial score (nSPS) is 29.1. The van der Waals surface area contributed by atoms with Gasteiger partial charge < -0.3 is 10.2 Å². The average molecular weight is 248 g/mol. The molecule has 100 valence electrons. The van der Waals surface area contributed by atoms with E-state index in [0.717, 1.165) is 19.3 Å². The molecule has 1 aromatic carbocycles. The number of aliphatic hydroxyl groups is 2. The Morgan fingerprint density at radius 3 is 2.44 bits per heavy atom. The lowest BCUT2D eigenvalue weighted by atomic mass is 9.84. The topological polar surface area (TPSA) is 40.5 Å². The van der Waals surface area contributed by atoms with E-state index in [1.807, 2.05) is 39.0 Å². The molecular weight excluding hydrogens is 224 g/mol. The van der Waals surface area contributed by atoms with Crippen LogP contribution in [0, 0.1) is 11.3 Å². The van der Waals surface area contributed by atoms with E-state index < -0.39 is 11.7 Å². The van der Waals surface area contributed by atoms with Crippen LogP contribution in [-0.4, -0.2) is 21.9 Å². The van der Waals surface area contributed by atoms with Crippen LogP contribution in [0.1, 0.15) is 39.2 Å². The van der Waals surface area contributed by atoms with Crippen LogP contribution in [0.3, 0.4) is 0 Å². The lowest BCUT2D eigenvalue weighted by Crippen LogP contribution is -2.32. The summed E-state index contributed by atoms with van der Waals surface area (Å²) in [6.07, 6.45) is 1.94. The lowest BCUT2D eigenvalue weighted by Gasteiger charge is -2.27. The fourth-order valence-electron chi connectivity index (χ4n) is 2.62. The van der Waals surface area contributed by atoms with Crippen LogP contribution < -0.4 is 0 Å². The van der Waals surface area contributed by atoms with Crippen LogP contribution in [0.4, 0.5) is 0 Å². The van der Waals surface area contributed by atoms with Crippen LogP contribution >= 0.6 is 0 Å². The second-order valence-corrected chi connectivity index (χ2v) is 6.71. The van der Waals surface area contributed by atoms with Crippen molar-refractivity contribution in [2.24, 2.45) is 11.3 Å². The van der Waals surface area contributed by atoms with Gasteiger partial charge in [0, 0.05) is 5.92 Å². The van der Waals surface area contributed by atoms with Gasteiger partial charge in [0.1, 0.15) is 0 Å². The van der Waals surface area contributed by atoms with Gasteiger partial charge >= 0.3 is 0 Å². The number of hydrogen-bond acceptors (Lipinski definition) is 2. The standard InChI is InChI=1S/C16H24O2/c1-15(2,3)14(17)13-11-16(13,18)10-9-12-7-5-4-6-8-12/h4-8,13-14,17-18H,9-11H2,1-3H3/t13-,14-,16-/m0/s1. The summed E-state index contributed by atoms with van der Waals surface area (Å²) in [5.41, 5.74) is 0.451. The van der Waals surface area contributed by atoms with Gasteiger partial charge in [-0.1, -0.05) is 51.1 Å². The molecule has 2 rings (SSSR count). The van der Waals surface area contributed by atoms with E-state index in [9.17, 15) is 10.2 Å². The first kappa shape index (κ1) is 13.6. The van der Waals surface area contributed by atoms with Crippen molar-refractivity contribution in [3.05, 3.63) is 35.9 Å². The third kappa shape index (κ3) is 2.93. The zero-order valence-corrected chi connectivity index (χ0v) is 11.6. The predicted molar refractivity (Wildman–Crippen MR) is 73.3 cm³/mol. The molecule has 3 atom stereocenters. The molecule has 0 bridgehead atoms. The van der Waals surface area contributed by atoms with Crippen molar-refractivity contribution in [2.45, 2.75) is 51.7 Å². The monoisotopic (exact) mass is 248 g/mol. The first-order chi connectivity index (χ1) is 8.33. The summed E-state index contributed by atoms with van der Waals surface area (Å²) in [7, 11) is 0. The Morgan fingerprint density at radius 2 is 1.89 bits per heavy atom. The zero-order valence-electron chi connectivity index (χ0n) is 11.6. The fraction of sp³-hybridized carbons (Fsp3) is 0.625. The summed E-state index contributed by atoms with van der Waals surface area (Å²) in [6.45, 7) is 6.06. The van der Waals surface area contributed by atoms with Crippen molar-refractivity contribution in [1.29, 1.82) is 0 Å². The third-order valence-electron chi connectivity index (χ3n) is 4.06. The van der Waals surface area contributed by atoms with Crippen molar-refractivity contribution in [3.63, 3.8) is 0 Å². The molecule has 0 radical (unpaired) electrons. The molecule has 0 spiro atoms. The summed E-state index contributed by atoms with van der Waals surface area (Å²) < 4.78 is 0. The van der Waals surface area contributed by atoms with Gasteiger partial charge in [-0.3, -0.25) is 0 Å². The summed E-state index contributed by atoms with van der Waals surface area (Å²) in [5, 5.41) is 20.6. The van der Waals surface area contributed by atoms with E-state index in [1.54, 1.807) is 0 Å². The Hall–Kier alpha value is -0.860. The summed E-state index contributed by atoms with van der Waals surface area (Å²) in [5.74, 6) is 0.0428. The van der Waals surface area contributed by atoms with E-state index in [4.69, 9.17) is 0 Å². The highest BCUT2D eigenvalue weighted by molar-refractivity contribution is 5.17. The second kappa shape index (κ2) is 4.67. The average Bonchev–Trinajstić information content (AvgIpc) is 2.99. The molecule has 18 heavy (non-hydrogen) atoms. The van der Waals surface area contributed by atoms with Gasteiger partial charge in [0.2, 0.25) is 0 Å². The maximum atomic E-state index is 10.4. The van der Waals surface area contributed by atoms with Gasteiger partial charge in [0.05, 0.1) is 11.7 Å². The Labute approximate surface area is 110 Å². The number of hydrogen-bond donors (Lipinski definition) is 2. The molecule has 0 unspecified atom stereocenters. The van der Waals surface area contributed by atoms with Crippen LogP contribution in [0.25, 0.3) is 0 Å². The van der Waals surface area contributed by atoms with Crippen molar-refractivity contribution < 1.29 is 10.2 Å². The Balaban J connectivity index is 1.89. The minimum atomic E-state index is -0.650. The summed E-state index contributed by atoms with van der Waals surface area (Å²) >= 11 is 0. The molecule has 1 fully saturated rings. The van der Waals surface area contributed by atoms with Gasteiger partial charge in [-0.05, 0) is 30.2 Å². The smallest absolute Gasteiger partial charge is 0.0709 e. The number of aryl methyl sites for hydroxylation is 1. The molecule has 2 heteroatoms. The van der Waals surface area contributed by atoms with Gasteiger partial charge in [-0.25, -0.2) is 0 Å². The molecule has 0 amide bonds. The molecule has 2 N–H and O–H groups in total. The SMILES string of the molecule is CC(C)(C)[C@@H](O)[C@@H]1C[C@@]1(O)CCc1ccccc1. The van der Waals surface area contributed by atoms with Gasteiger partial charge in [-0.15, -0.1) is 0 Å². The van der Waals surface area contributed by atoms with Crippen molar-refractivity contribution in [1.82, 2.24) is 0 Å². The van der Waals surface area contributed by atoms with Crippen LogP contribution in [0.15, 0.2) is 30.3 Å². The fourth-order valence-corrected chi connectivity index (χ4v) is 2.62. The molecular formula is C16H24O2. The molecule has 2 nitrogen and oxygen atoms in total. The first-order valence-electron chi connectivity index (χ1n) is 6.77. The molecule has 1 aliphatic rings. The number of benzene rings is 1. The second-order valence-electron chi connectivity index (χ2n) is 6.71. The molecule has 1 aliphatic carbocycles. The highest BCUT2D eigenvalue weighted by Gasteiger charge is 2.57. The van der Waals surface area contributed by atoms with Gasteiger partial charge in [0.15, 0.2) is 0 Å². The minimum absolute atomic E-state index is 0.0428. The highest BCUT2D eigenvalue weighted by Crippen LogP contribution is 2.52. The molecule has 0 saturated heterocycles. The van der Waals surface area contributed by atoms with E-state index in [1.165, 1.54) is 5.56 Å². The van der Waals surface area contributed by atoms with Crippen LogP contribution in [0.2, 0.25) is 0 Å². The summed E-state index contributed by atoms with van der Waals surface area (Å²) in [4.78, 5) is 0. The highest BCUT2D eigenvalue weighted by atomic mass is 16.3. The van der Waals surface area contributed by atoms with Crippen molar-refractivity contribution in [3.8, 4) is 0 Å². The van der Waals surface area contributed by atoms with Gasteiger partial charge in [-0.2, -0.15) is 0 Å². The number of rotatable bonds is 4. The molecule has 0 heterocycles. The largest absolute Gasteiger partial charge is 0.392 e. The van der Waals surface area contributed by atoms with E-state index in [0.29, 0.717) is 0 Å². The number of aliphatic hydroxyl groups excluding tert-OH is 1. The third-order valence-corrected chi connectivity index (χ3v) is 4.06. The van der Waals surface area contributed by atoms with E-state index in [2.05, 4.69) is 12.1 Å². The minimum Gasteiger partial charge on any atom is -0.392 e. The molecule has 1 aromatic rings. The molecule has 0 aliphatic heterocycles. The zero-order chi connectivity index (χ0) is 13.4. The maximum absolute atomic E-state index is 10.4. The first-order valence-corrected chi connectivity index (χ1v) is 6.77. The van der Waals surface area contributed by atoms with Crippen molar-refractivity contribution >= 4 is 0 Å². The van der Waals surface area contributed by atoms with Crippen LogP contribution in [-0.2, 0) is 6.42 Å². The molecule has 0 aromatic heterocycles. The quantitative estimate of drug-likeness (QED) is 0.860.